The lowest BCUT2D eigenvalue weighted by Gasteiger charge is -2.42. The van der Waals surface area contributed by atoms with E-state index >= 15 is 0 Å². The molecule has 1 aromatic carbocycles. The van der Waals surface area contributed by atoms with E-state index in [1.165, 1.54) is 4.90 Å². The van der Waals surface area contributed by atoms with Crippen LogP contribution in [0.4, 0.5) is 26.7 Å². The molecule has 0 N–H and O–H groups in total. The van der Waals surface area contributed by atoms with Crippen molar-refractivity contribution in [2.24, 2.45) is 0 Å². The molecular weight excluding hydrogens is 519 g/mol. The van der Waals surface area contributed by atoms with Crippen molar-refractivity contribution < 1.29 is 39.9 Å². The second-order valence-electron chi connectivity index (χ2n) is 10.6. The summed E-state index contributed by atoms with van der Waals surface area (Å²) in [5.41, 5.74) is -5.19. The van der Waals surface area contributed by atoms with Crippen molar-refractivity contribution in [2.45, 2.75) is 80.1 Å². The number of aromatic nitrogens is 1. The van der Waals surface area contributed by atoms with Gasteiger partial charge in [0.15, 0.2) is 9.84 Å². The first-order valence-corrected chi connectivity index (χ1v) is 13.2. The highest BCUT2D eigenvalue weighted by atomic mass is 32.2. The van der Waals surface area contributed by atoms with Gasteiger partial charge in [0.2, 0.25) is 5.67 Å². The first-order chi connectivity index (χ1) is 16.9. The number of benzene rings is 1. The molecule has 1 aromatic heterocycles. The number of likely N-dealkylation sites (tertiary alicyclic amines) is 1. The van der Waals surface area contributed by atoms with Crippen LogP contribution in [0.25, 0.3) is 0 Å². The van der Waals surface area contributed by atoms with E-state index in [2.05, 4.69) is 4.98 Å². The van der Waals surface area contributed by atoms with Crippen LogP contribution in [0.3, 0.4) is 0 Å². The first-order valence-electron chi connectivity index (χ1n) is 11.7. The number of alkyl halides is 4. The lowest BCUT2D eigenvalue weighted by atomic mass is 9.80. The molecule has 1 amide bonds. The SMILES string of the molecule is CC(C)(C)OC(=O)N1CCC2(S(=O)(=O)c3ccc(F)cc3)c3ncc(C(C)(F)C(F)(F)F)cc3CCC12. The predicted octanol–water partition coefficient (Wildman–Crippen LogP) is 5.59. The van der Waals surface area contributed by atoms with Gasteiger partial charge in [-0.05, 0) is 82.9 Å². The fourth-order valence-corrected chi connectivity index (χ4v) is 7.44. The summed E-state index contributed by atoms with van der Waals surface area (Å²) in [6.45, 7) is 5.35. The highest BCUT2D eigenvalue weighted by Crippen LogP contribution is 2.53. The number of pyridine rings is 1. The Kier molecular flexibility index (Phi) is 6.37. The minimum absolute atomic E-state index is 0.0216. The van der Waals surface area contributed by atoms with Crippen molar-refractivity contribution in [3.8, 4) is 0 Å². The Bertz CT molecular complexity index is 1320. The van der Waals surface area contributed by atoms with Gasteiger partial charge >= 0.3 is 12.3 Å². The number of rotatable bonds is 3. The average molecular weight is 547 g/mol. The van der Waals surface area contributed by atoms with Gasteiger partial charge in [-0.15, -0.1) is 0 Å². The second kappa shape index (κ2) is 8.64. The fourth-order valence-electron chi connectivity index (χ4n) is 5.12. The largest absolute Gasteiger partial charge is 0.444 e. The number of sulfone groups is 1. The van der Waals surface area contributed by atoms with Crippen molar-refractivity contribution in [1.82, 2.24) is 9.88 Å². The van der Waals surface area contributed by atoms with Gasteiger partial charge in [-0.2, -0.15) is 13.2 Å². The van der Waals surface area contributed by atoms with Gasteiger partial charge in [-0.3, -0.25) is 4.98 Å². The third kappa shape index (κ3) is 4.36. The summed E-state index contributed by atoms with van der Waals surface area (Å²) in [6.07, 6.45) is -5.24. The topological polar surface area (TPSA) is 76.6 Å². The predicted molar refractivity (Wildman–Crippen MR) is 124 cm³/mol. The van der Waals surface area contributed by atoms with Gasteiger partial charge in [0.25, 0.3) is 0 Å². The Morgan fingerprint density at radius 2 is 1.73 bits per heavy atom. The average Bonchev–Trinajstić information content (AvgIpc) is 3.19. The maximum Gasteiger partial charge on any atom is 0.426 e. The zero-order chi connectivity index (χ0) is 27.6. The Hall–Kier alpha value is -2.76. The lowest BCUT2D eigenvalue weighted by Crippen LogP contribution is -2.53. The van der Waals surface area contributed by atoms with Gasteiger partial charge in [-0.25, -0.2) is 22.0 Å². The molecule has 1 aliphatic heterocycles. The summed E-state index contributed by atoms with van der Waals surface area (Å²) in [4.78, 5) is 18.2. The molecular formula is C25H27F5N2O4S. The number of nitrogens with zero attached hydrogens (tertiary/aromatic N) is 2. The minimum Gasteiger partial charge on any atom is -0.444 e. The summed E-state index contributed by atoms with van der Waals surface area (Å²) >= 11 is 0. The summed E-state index contributed by atoms with van der Waals surface area (Å²) in [7, 11) is -4.37. The maximum atomic E-state index is 14.7. The van der Waals surface area contributed by atoms with Gasteiger partial charge in [0, 0.05) is 18.3 Å². The van der Waals surface area contributed by atoms with Gasteiger partial charge in [-0.1, -0.05) is 0 Å². The quantitative estimate of drug-likeness (QED) is 0.371. The monoisotopic (exact) mass is 546 g/mol. The van der Waals surface area contributed by atoms with Crippen molar-refractivity contribution >= 4 is 15.9 Å². The number of carbonyl (C=O) groups excluding carboxylic acids is 1. The number of ether oxygens (including phenoxy) is 1. The molecule has 4 rings (SSSR count). The van der Waals surface area contributed by atoms with Crippen LogP contribution in [0.1, 0.15) is 57.4 Å². The highest BCUT2D eigenvalue weighted by molar-refractivity contribution is 7.92. The van der Waals surface area contributed by atoms with E-state index in [1.54, 1.807) is 20.8 Å². The Labute approximate surface area is 211 Å². The fraction of sp³-hybridized carbons (Fsp3) is 0.520. The highest BCUT2D eigenvalue weighted by Gasteiger charge is 2.63. The Balaban J connectivity index is 1.90. The molecule has 1 aliphatic carbocycles. The first kappa shape index (κ1) is 27.3. The van der Waals surface area contributed by atoms with Crippen molar-refractivity contribution in [3.63, 3.8) is 0 Å². The van der Waals surface area contributed by atoms with Crippen LogP contribution in [-0.4, -0.2) is 48.8 Å². The molecule has 2 heterocycles. The number of carbonyl (C=O) groups is 1. The van der Waals surface area contributed by atoms with Crippen molar-refractivity contribution in [2.75, 3.05) is 6.54 Å². The van der Waals surface area contributed by atoms with E-state index in [9.17, 15) is 35.2 Å². The minimum atomic E-state index is -5.21. The van der Waals surface area contributed by atoms with E-state index in [0.29, 0.717) is 13.1 Å². The standard InChI is InChI=1S/C25H27F5N2O4S/c1-22(2,3)36-21(33)32-12-11-24(37(34,35)18-8-6-17(26)7-9-18)19(32)10-5-15-13-16(14-31-20(15)24)23(4,27)25(28,29)30/h6-9,13-14,19H,5,10-12H2,1-4H3. The molecule has 37 heavy (non-hydrogen) atoms. The number of hydrogen-bond acceptors (Lipinski definition) is 5. The number of hydrogen-bond donors (Lipinski definition) is 0. The van der Waals surface area contributed by atoms with E-state index in [1.807, 2.05) is 0 Å². The maximum absolute atomic E-state index is 14.7. The molecule has 1 saturated heterocycles. The smallest absolute Gasteiger partial charge is 0.426 e. The molecule has 3 unspecified atom stereocenters. The van der Waals surface area contributed by atoms with Gasteiger partial charge in [0.1, 0.15) is 16.2 Å². The lowest BCUT2D eigenvalue weighted by molar-refractivity contribution is -0.228. The molecule has 3 atom stereocenters. The zero-order valence-corrected chi connectivity index (χ0v) is 21.5. The van der Waals surface area contributed by atoms with Gasteiger partial charge < -0.3 is 9.64 Å². The molecule has 0 radical (unpaired) electrons. The number of aryl methyl sites for hydroxylation is 1. The second-order valence-corrected chi connectivity index (χ2v) is 12.8. The van der Waals surface area contributed by atoms with E-state index in [0.717, 1.165) is 30.3 Å². The Morgan fingerprint density at radius 3 is 2.30 bits per heavy atom. The van der Waals surface area contributed by atoms with E-state index in [4.69, 9.17) is 4.74 Å². The molecule has 202 valence electrons. The molecule has 0 saturated carbocycles. The summed E-state index contributed by atoms with van der Waals surface area (Å²) in [5, 5.41) is 0. The molecule has 12 heteroatoms. The molecule has 0 spiro atoms. The third-order valence-electron chi connectivity index (χ3n) is 7.00. The van der Waals surface area contributed by atoms with Crippen LogP contribution in [0.15, 0.2) is 41.4 Å². The number of fused-ring (bicyclic) bond motifs is 3. The van der Waals surface area contributed by atoms with Crippen LogP contribution in [0, 0.1) is 5.82 Å². The Morgan fingerprint density at radius 1 is 1.11 bits per heavy atom. The van der Waals surface area contributed by atoms with Crippen LogP contribution in [0.2, 0.25) is 0 Å². The van der Waals surface area contributed by atoms with Crippen LogP contribution in [-0.2, 0) is 31.4 Å². The molecule has 0 bridgehead atoms. The van der Waals surface area contributed by atoms with Crippen molar-refractivity contribution in [3.05, 3.63) is 59.2 Å². The van der Waals surface area contributed by atoms with Crippen LogP contribution >= 0.6 is 0 Å². The summed E-state index contributed by atoms with van der Waals surface area (Å²) in [6, 6.07) is 4.20. The normalized spacial score (nSPS) is 23.7. The van der Waals surface area contributed by atoms with E-state index in [-0.39, 0.29) is 42.0 Å². The zero-order valence-electron chi connectivity index (χ0n) is 20.7. The summed E-state index contributed by atoms with van der Waals surface area (Å²) in [5.74, 6) is -0.656. The molecule has 6 nitrogen and oxygen atoms in total. The van der Waals surface area contributed by atoms with Crippen LogP contribution < -0.4 is 0 Å². The molecule has 2 aromatic rings. The summed E-state index contributed by atoms with van der Waals surface area (Å²) < 4.78 is 100. The van der Waals surface area contributed by atoms with Gasteiger partial charge in [0.05, 0.1) is 16.6 Å². The number of halogens is 5. The molecule has 1 fully saturated rings. The van der Waals surface area contributed by atoms with Crippen molar-refractivity contribution in [1.29, 1.82) is 0 Å². The molecule has 2 aliphatic rings. The van der Waals surface area contributed by atoms with Crippen LogP contribution in [0.5, 0.6) is 0 Å². The third-order valence-corrected chi connectivity index (χ3v) is 9.52. The van der Waals surface area contributed by atoms with E-state index < -0.39 is 55.5 Å². The number of amides is 1.